The summed E-state index contributed by atoms with van der Waals surface area (Å²) < 4.78 is 10.6. The molecule has 26 heavy (non-hydrogen) atoms. The Kier molecular flexibility index (Phi) is 5.07. The van der Waals surface area contributed by atoms with Gasteiger partial charge in [0.1, 0.15) is 23.1 Å². The van der Waals surface area contributed by atoms with Gasteiger partial charge in [0, 0.05) is 17.0 Å². The summed E-state index contributed by atoms with van der Waals surface area (Å²) in [6.45, 7) is 3.96. The topological polar surface area (TPSA) is 70.3 Å². The van der Waals surface area contributed by atoms with Crippen LogP contribution in [-0.4, -0.2) is 24.2 Å². The number of nitrogens with zero attached hydrogens (tertiary/aromatic N) is 2. The van der Waals surface area contributed by atoms with Crippen LogP contribution in [0.25, 0.3) is 11.3 Å². The second-order valence-corrected chi connectivity index (χ2v) is 6.15. The Morgan fingerprint density at radius 1 is 0.923 bits per heavy atom. The molecular formula is C21H23N3O2. The minimum absolute atomic E-state index is 0.0303. The van der Waals surface area contributed by atoms with Gasteiger partial charge in [0.2, 0.25) is 0 Å². The molecule has 0 saturated heterocycles. The van der Waals surface area contributed by atoms with Crippen molar-refractivity contribution >= 4 is 5.82 Å². The Labute approximate surface area is 153 Å². The Balaban J connectivity index is 2.13. The minimum Gasteiger partial charge on any atom is -0.497 e. The van der Waals surface area contributed by atoms with E-state index in [1.54, 1.807) is 14.2 Å². The predicted molar refractivity (Wildman–Crippen MR) is 104 cm³/mol. The molecule has 3 rings (SSSR count). The molecule has 5 nitrogen and oxygen atoms in total. The van der Waals surface area contributed by atoms with Crippen LogP contribution in [-0.2, 0) is 0 Å². The van der Waals surface area contributed by atoms with Gasteiger partial charge in [-0.25, -0.2) is 9.97 Å². The summed E-state index contributed by atoms with van der Waals surface area (Å²) in [5.74, 6) is 2.77. The maximum absolute atomic E-state index is 6.32. The van der Waals surface area contributed by atoms with Crippen LogP contribution in [0.1, 0.15) is 29.8 Å². The van der Waals surface area contributed by atoms with Gasteiger partial charge in [-0.1, -0.05) is 31.2 Å². The Bertz CT molecular complexity index is 908. The largest absolute Gasteiger partial charge is 0.497 e. The number of aryl methyl sites for hydroxylation is 1. The molecule has 0 aliphatic carbocycles. The van der Waals surface area contributed by atoms with E-state index in [1.165, 1.54) is 0 Å². The van der Waals surface area contributed by atoms with Gasteiger partial charge in [0.15, 0.2) is 0 Å². The average Bonchev–Trinajstić information content (AvgIpc) is 2.67. The van der Waals surface area contributed by atoms with Crippen molar-refractivity contribution in [3.63, 3.8) is 0 Å². The molecule has 2 aromatic carbocycles. The number of aromatic nitrogens is 2. The van der Waals surface area contributed by atoms with E-state index in [-0.39, 0.29) is 5.92 Å². The Morgan fingerprint density at radius 3 is 2.27 bits per heavy atom. The van der Waals surface area contributed by atoms with E-state index in [1.807, 2.05) is 55.5 Å². The van der Waals surface area contributed by atoms with Crippen LogP contribution in [0.15, 0.2) is 48.5 Å². The summed E-state index contributed by atoms with van der Waals surface area (Å²) in [5, 5.41) is 0. The van der Waals surface area contributed by atoms with E-state index in [4.69, 9.17) is 15.2 Å². The first kappa shape index (κ1) is 17.7. The van der Waals surface area contributed by atoms with Crippen LogP contribution in [0.3, 0.4) is 0 Å². The lowest BCUT2D eigenvalue weighted by Gasteiger charge is -2.19. The number of hydrogen-bond donors (Lipinski definition) is 1. The highest BCUT2D eigenvalue weighted by Gasteiger charge is 2.20. The molecule has 0 fully saturated rings. The summed E-state index contributed by atoms with van der Waals surface area (Å²) >= 11 is 0. The number of nitrogens with two attached hydrogens (primary N) is 1. The van der Waals surface area contributed by atoms with Gasteiger partial charge in [0.25, 0.3) is 0 Å². The molecular weight excluding hydrogens is 326 g/mol. The van der Waals surface area contributed by atoms with Gasteiger partial charge in [-0.3, -0.25) is 0 Å². The highest BCUT2D eigenvalue weighted by Crippen LogP contribution is 2.36. The summed E-state index contributed by atoms with van der Waals surface area (Å²) in [6, 6.07) is 15.8. The number of hydrogen-bond acceptors (Lipinski definition) is 5. The first-order valence-corrected chi connectivity index (χ1v) is 8.46. The van der Waals surface area contributed by atoms with E-state index in [2.05, 4.69) is 16.9 Å². The van der Waals surface area contributed by atoms with Crippen molar-refractivity contribution in [1.29, 1.82) is 0 Å². The zero-order chi connectivity index (χ0) is 18.7. The fourth-order valence-electron chi connectivity index (χ4n) is 3.08. The first-order chi connectivity index (χ1) is 12.5. The molecule has 0 spiro atoms. The molecule has 1 heterocycles. The molecule has 0 amide bonds. The van der Waals surface area contributed by atoms with E-state index < -0.39 is 0 Å². The van der Waals surface area contributed by atoms with E-state index in [9.17, 15) is 0 Å². The molecule has 1 atom stereocenters. The maximum Gasteiger partial charge on any atom is 0.131 e. The second-order valence-electron chi connectivity index (χ2n) is 6.15. The molecule has 0 aliphatic heterocycles. The third-order valence-electron chi connectivity index (χ3n) is 4.48. The smallest absolute Gasteiger partial charge is 0.131 e. The van der Waals surface area contributed by atoms with Crippen LogP contribution >= 0.6 is 0 Å². The lowest BCUT2D eigenvalue weighted by Crippen LogP contribution is -2.09. The zero-order valence-electron chi connectivity index (χ0n) is 15.5. The zero-order valence-corrected chi connectivity index (χ0v) is 15.5. The SMILES string of the molecule is COc1ccc([C@H](C)c2c(N)nc(C)nc2-c2cccc(OC)c2)cc1. The molecule has 0 bridgehead atoms. The van der Waals surface area contributed by atoms with Gasteiger partial charge < -0.3 is 15.2 Å². The monoisotopic (exact) mass is 349 g/mol. The first-order valence-electron chi connectivity index (χ1n) is 8.46. The number of methoxy groups -OCH3 is 2. The lowest BCUT2D eigenvalue weighted by molar-refractivity contribution is 0.414. The fourth-order valence-corrected chi connectivity index (χ4v) is 3.08. The third-order valence-corrected chi connectivity index (χ3v) is 4.48. The van der Waals surface area contributed by atoms with E-state index >= 15 is 0 Å². The number of ether oxygens (including phenoxy) is 2. The van der Waals surface area contributed by atoms with Crippen LogP contribution in [0.2, 0.25) is 0 Å². The fraction of sp³-hybridized carbons (Fsp3) is 0.238. The van der Waals surface area contributed by atoms with Crippen LogP contribution < -0.4 is 15.2 Å². The van der Waals surface area contributed by atoms with Crippen LogP contribution in [0.5, 0.6) is 11.5 Å². The third kappa shape index (κ3) is 3.47. The van der Waals surface area contributed by atoms with Crippen molar-refractivity contribution in [2.75, 3.05) is 20.0 Å². The van der Waals surface area contributed by atoms with Crippen molar-refractivity contribution in [3.8, 4) is 22.8 Å². The molecule has 1 aromatic heterocycles. The number of nitrogen functional groups attached to an aromatic ring is 1. The standard InChI is InChI=1S/C21H23N3O2/c1-13(15-8-10-17(25-3)11-9-15)19-20(23-14(2)24-21(19)22)16-6-5-7-18(12-16)26-4/h5-13H,1-4H3,(H2,22,23,24)/t13-/m0/s1. The average molecular weight is 349 g/mol. The summed E-state index contributed by atoms with van der Waals surface area (Å²) in [6.07, 6.45) is 0. The van der Waals surface area contributed by atoms with Gasteiger partial charge in [0.05, 0.1) is 19.9 Å². The maximum atomic E-state index is 6.32. The van der Waals surface area contributed by atoms with Gasteiger partial charge in [-0.2, -0.15) is 0 Å². The summed E-state index contributed by atoms with van der Waals surface area (Å²) in [7, 11) is 3.31. The van der Waals surface area contributed by atoms with Crippen molar-refractivity contribution in [3.05, 3.63) is 65.5 Å². The molecule has 134 valence electrons. The molecule has 5 heteroatoms. The van der Waals surface area contributed by atoms with Gasteiger partial charge >= 0.3 is 0 Å². The molecule has 3 aromatic rings. The van der Waals surface area contributed by atoms with Crippen molar-refractivity contribution in [2.24, 2.45) is 0 Å². The van der Waals surface area contributed by atoms with Gasteiger partial charge in [-0.15, -0.1) is 0 Å². The normalized spacial score (nSPS) is 11.8. The lowest BCUT2D eigenvalue weighted by atomic mass is 9.90. The molecule has 0 unspecified atom stereocenters. The van der Waals surface area contributed by atoms with Crippen molar-refractivity contribution in [2.45, 2.75) is 19.8 Å². The predicted octanol–water partition coefficient (Wildman–Crippen LogP) is 4.20. The van der Waals surface area contributed by atoms with E-state index in [0.717, 1.165) is 33.9 Å². The number of rotatable bonds is 5. The quantitative estimate of drug-likeness (QED) is 0.747. The number of anilines is 1. The van der Waals surface area contributed by atoms with Crippen LogP contribution in [0.4, 0.5) is 5.82 Å². The van der Waals surface area contributed by atoms with Crippen LogP contribution in [0, 0.1) is 6.92 Å². The van der Waals surface area contributed by atoms with Gasteiger partial charge in [-0.05, 0) is 36.8 Å². The van der Waals surface area contributed by atoms with E-state index in [0.29, 0.717) is 11.6 Å². The van der Waals surface area contributed by atoms with Crippen molar-refractivity contribution < 1.29 is 9.47 Å². The number of benzene rings is 2. The molecule has 0 radical (unpaired) electrons. The summed E-state index contributed by atoms with van der Waals surface area (Å²) in [5.41, 5.74) is 10.1. The summed E-state index contributed by atoms with van der Waals surface area (Å²) in [4.78, 5) is 9.08. The Morgan fingerprint density at radius 2 is 1.62 bits per heavy atom. The second kappa shape index (κ2) is 7.44. The Hall–Kier alpha value is -3.08. The molecule has 0 aliphatic rings. The highest BCUT2D eigenvalue weighted by molar-refractivity contribution is 5.71. The highest BCUT2D eigenvalue weighted by atomic mass is 16.5. The molecule has 2 N–H and O–H groups in total. The molecule has 0 saturated carbocycles. The minimum atomic E-state index is 0.0303. The van der Waals surface area contributed by atoms with Crippen molar-refractivity contribution in [1.82, 2.24) is 9.97 Å².